The normalized spacial score (nSPS) is 9.59. The molecule has 0 spiro atoms. The zero-order valence-electron chi connectivity index (χ0n) is 10.6. The van der Waals surface area contributed by atoms with Gasteiger partial charge in [-0.2, -0.15) is 0 Å². The number of ether oxygens (including phenoxy) is 2. The number of carbonyl (C=O) groups excluding carboxylic acids is 1. The largest absolute Gasteiger partial charge is 0.550 e. The van der Waals surface area contributed by atoms with Crippen LogP contribution in [-0.2, 0) is 27.4 Å². The molecule has 17 heavy (non-hydrogen) atoms. The lowest BCUT2D eigenvalue weighted by atomic mass is 10.7. The number of imidazole rings is 1. The smallest absolute Gasteiger partial charge is 0.243 e. The fourth-order valence-corrected chi connectivity index (χ4v) is 1.10. The topological polar surface area (TPSA) is 67.4 Å². The van der Waals surface area contributed by atoms with E-state index in [9.17, 15) is 0 Å². The zero-order chi connectivity index (χ0) is 13.1. The van der Waals surface area contributed by atoms with Crippen LogP contribution in [0.25, 0.3) is 0 Å². The van der Waals surface area contributed by atoms with Crippen LogP contribution in [0.15, 0.2) is 18.7 Å². The van der Waals surface area contributed by atoms with Crippen LogP contribution in [0, 0.1) is 0 Å². The van der Waals surface area contributed by atoms with E-state index in [2.05, 4.69) is 15.5 Å². The number of aromatic nitrogens is 2. The van der Waals surface area contributed by atoms with Crippen molar-refractivity contribution in [1.29, 1.82) is 0 Å². The van der Waals surface area contributed by atoms with E-state index < -0.39 is 5.97 Å². The van der Waals surface area contributed by atoms with Gasteiger partial charge in [0, 0.05) is 20.2 Å². The number of hydrogen-bond acceptors (Lipinski definition) is 4. The van der Waals surface area contributed by atoms with Crippen molar-refractivity contribution in [2.24, 2.45) is 0 Å². The molecule has 6 heteroatoms. The summed E-state index contributed by atoms with van der Waals surface area (Å²) in [7, 11) is 3.42. The Kier molecular flexibility index (Phi) is 8.99. The van der Waals surface area contributed by atoms with Crippen molar-refractivity contribution in [2.45, 2.75) is 20.0 Å². The van der Waals surface area contributed by atoms with Gasteiger partial charge in [-0.05, 0) is 6.92 Å². The van der Waals surface area contributed by atoms with Gasteiger partial charge in [-0.25, -0.2) is 9.13 Å². The van der Waals surface area contributed by atoms with Crippen molar-refractivity contribution in [3.05, 3.63) is 18.7 Å². The molecule has 1 heterocycles. The first-order valence-electron chi connectivity index (χ1n) is 5.30. The van der Waals surface area contributed by atoms with Gasteiger partial charge in [0.1, 0.15) is 25.5 Å². The molecule has 0 fully saturated rings. The molecule has 0 unspecified atom stereocenters. The highest BCUT2D eigenvalue weighted by Crippen LogP contribution is 1.84. The monoisotopic (exact) mass is 244 g/mol. The summed E-state index contributed by atoms with van der Waals surface area (Å²) in [6.07, 6.45) is 6.13. The fourth-order valence-electron chi connectivity index (χ4n) is 1.10. The number of methoxy groups -OCH3 is 2. The molecule has 0 N–H and O–H groups in total. The van der Waals surface area contributed by atoms with Crippen molar-refractivity contribution < 1.29 is 23.9 Å². The lowest BCUT2D eigenvalue weighted by Gasteiger charge is -1.95. The third-order valence-electron chi connectivity index (χ3n) is 1.85. The van der Waals surface area contributed by atoms with Gasteiger partial charge >= 0.3 is 0 Å². The summed E-state index contributed by atoms with van der Waals surface area (Å²) >= 11 is 0. The number of rotatable bonds is 6. The van der Waals surface area contributed by atoms with Crippen molar-refractivity contribution in [1.82, 2.24) is 4.57 Å². The highest BCUT2D eigenvalue weighted by Gasteiger charge is 2.01. The maximum Gasteiger partial charge on any atom is 0.243 e. The van der Waals surface area contributed by atoms with Crippen LogP contribution in [-0.4, -0.2) is 38.0 Å². The van der Waals surface area contributed by atoms with Crippen LogP contribution in [0.1, 0.15) is 6.92 Å². The highest BCUT2D eigenvalue weighted by atomic mass is 16.5. The summed E-state index contributed by atoms with van der Waals surface area (Å²) in [5.74, 6) is -1.08. The predicted octanol–water partition coefficient (Wildman–Crippen LogP) is -1.18. The first-order chi connectivity index (χ1) is 8.10. The maximum atomic E-state index is 8.89. The Morgan fingerprint density at radius 3 is 2.47 bits per heavy atom. The fraction of sp³-hybridized carbons (Fsp3) is 0.636. The van der Waals surface area contributed by atoms with E-state index in [0.29, 0.717) is 0 Å². The molecule has 0 atom stereocenters. The predicted molar refractivity (Wildman–Crippen MR) is 59.1 cm³/mol. The third kappa shape index (κ3) is 9.52. The van der Waals surface area contributed by atoms with Gasteiger partial charge < -0.3 is 19.4 Å². The SMILES string of the molecule is CC(=O)[O-].COCCn1cc[n+](CCOC)c1. The Labute approximate surface area is 101 Å². The molecule has 0 aliphatic rings. The van der Waals surface area contributed by atoms with E-state index in [1.807, 2.05) is 12.4 Å². The van der Waals surface area contributed by atoms with Gasteiger partial charge in [0.05, 0.1) is 13.2 Å². The number of nitrogens with zero attached hydrogens (tertiary/aromatic N) is 2. The van der Waals surface area contributed by atoms with Gasteiger partial charge in [0.25, 0.3) is 0 Å². The summed E-state index contributed by atoms with van der Waals surface area (Å²) in [6.45, 7) is 4.27. The quantitative estimate of drug-likeness (QED) is 0.591. The molecule has 1 aromatic rings. The number of carboxylic acid groups (broad SMARTS) is 1. The van der Waals surface area contributed by atoms with E-state index in [1.165, 1.54) is 0 Å². The van der Waals surface area contributed by atoms with Gasteiger partial charge in [0.15, 0.2) is 0 Å². The third-order valence-corrected chi connectivity index (χ3v) is 1.85. The molecule has 0 radical (unpaired) electrons. The molecule has 0 aromatic carbocycles. The number of carboxylic acids is 1. The summed E-state index contributed by atoms with van der Waals surface area (Å²) in [5.41, 5.74) is 0. The average molecular weight is 244 g/mol. The first-order valence-corrected chi connectivity index (χ1v) is 5.30. The summed E-state index contributed by atoms with van der Waals surface area (Å²) in [6, 6.07) is 0. The minimum Gasteiger partial charge on any atom is -0.550 e. The summed E-state index contributed by atoms with van der Waals surface area (Å²) in [5, 5.41) is 8.89. The van der Waals surface area contributed by atoms with Gasteiger partial charge in [-0.15, -0.1) is 0 Å². The van der Waals surface area contributed by atoms with E-state index >= 15 is 0 Å². The standard InChI is InChI=1S/C9H17N2O2.C2H4O2/c1-12-7-5-10-3-4-11(9-10)6-8-13-2;1-2(3)4/h3-4,9H,5-8H2,1-2H3;1H3,(H,3,4)/q+1;/p-1. The van der Waals surface area contributed by atoms with Crippen LogP contribution in [0.5, 0.6) is 0 Å². The Morgan fingerprint density at radius 2 is 1.94 bits per heavy atom. The Morgan fingerprint density at radius 1 is 1.35 bits per heavy atom. The number of carbonyl (C=O) groups is 1. The van der Waals surface area contributed by atoms with Gasteiger partial charge in [-0.3, -0.25) is 0 Å². The van der Waals surface area contributed by atoms with Gasteiger partial charge in [0.2, 0.25) is 6.33 Å². The molecule has 1 aromatic heterocycles. The molecule has 0 aliphatic heterocycles. The van der Waals surface area contributed by atoms with Crippen LogP contribution in [0.2, 0.25) is 0 Å². The summed E-state index contributed by atoms with van der Waals surface area (Å²) in [4.78, 5) is 8.89. The first kappa shape index (κ1) is 15.6. The molecule has 6 nitrogen and oxygen atoms in total. The lowest BCUT2D eigenvalue weighted by Crippen LogP contribution is -2.33. The van der Waals surface area contributed by atoms with E-state index in [0.717, 1.165) is 33.2 Å². The molecular formula is C11H20N2O4. The van der Waals surface area contributed by atoms with Crippen LogP contribution in [0.4, 0.5) is 0 Å². The van der Waals surface area contributed by atoms with Crippen molar-refractivity contribution in [3.8, 4) is 0 Å². The second-order valence-corrected chi connectivity index (χ2v) is 3.37. The van der Waals surface area contributed by atoms with Crippen LogP contribution < -0.4 is 9.67 Å². The molecular weight excluding hydrogens is 224 g/mol. The Hall–Kier alpha value is -1.40. The minimum atomic E-state index is -1.08. The van der Waals surface area contributed by atoms with Gasteiger partial charge in [-0.1, -0.05) is 0 Å². The Balaban J connectivity index is 0.000000557. The second kappa shape index (κ2) is 9.80. The van der Waals surface area contributed by atoms with E-state index in [1.54, 1.807) is 14.2 Å². The van der Waals surface area contributed by atoms with Crippen molar-refractivity contribution >= 4 is 5.97 Å². The maximum absolute atomic E-state index is 8.89. The average Bonchev–Trinajstić information content (AvgIpc) is 2.70. The summed E-state index contributed by atoms with van der Waals surface area (Å²) < 4.78 is 14.2. The molecule has 0 aliphatic carbocycles. The van der Waals surface area contributed by atoms with E-state index in [4.69, 9.17) is 19.4 Å². The molecule has 0 saturated heterocycles. The number of aliphatic carboxylic acids is 1. The molecule has 0 bridgehead atoms. The second-order valence-electron chi connectivity index (χ2n) is 3.37. The minimum absolute atomic E-state index is 0.749. The molecule has 0 saturated carbocycles. The van der Waals surface area contributed by atoms with Crippen LogP contribution >= 0.6 is 0 Å². The molecule has 98 valence electrons. The molecule has 0 amide bonds. The Bertz CT molecular complexity index is 286. The van der Waals surface area contributed by atoms with Crippen molar-refractivity contribution in [2.75, 3.05) is 27.4 Å². The number of hydrogen-bond donors (Lipinski definition) is 0. The zero-order valence-corrected chi connectivity index (χ0v) is 10.6. The van der Waals surface area contributed by atoms with E-state index in [-0.39, 0.29) is 0 Å². The van der Waals surface area contributed by atoms with Crippen molar-refractivity contribution in [3.63, 3.8) is 0 Å². The lowest BCUT2D eigenvalue weighted by molar-refractivity contribution is -0.697. The molecule has 1 rings (SSSR count). The highest BCUT2D eigenvalue weighted by molar-refractivity contribution is 5.60. The van der Waals surface area contributed by atoms with Crippen LogP contribution in [0.3, 0.4) is 0 Å².